The van der Waals surface area contributed by atoms with Gasteiger partial charge in [-0.25, -0.2) is 4.99 Å². The minimum Gasteiger partial charge on any atom is -0.493 e. The fourth-order valence-electron chi connectivity index (χ4n) is 1.73. The summed E-state index contributed by atoms with van der Waals surface area (Å²) in [5, 5.41) is 0. The molecule has 1 aliphatic carbocycles. The standard InChI is InChI=1S/C15H23N3O/c1-11-4-7-13(9-17-15(16)18(2)3)14(8-11)19-10-12-5-6-12/h4,7-8,12H,5-6,9-10H2,1-3H3,(H2,16,17). The molecule has 1 saturated carbocycles. The van der Waals surface area contributed by atoms with Crippen LogP contribution >= 0.6 is 0 Å². The lowest BCUT2D eigenvalue weighted by atomic mass is 10.1. The third-order valence-electron chi connectivity index (χ3n) is 3.26. The first-order valence-corrected chi connectivity index (χ1v) is 6.76. The molecule has 4 heteroatoms. The number of hydrogen-bond donors (Lipinski definition) is 1. The Kier molecular flexibility index (Phi) is 4.30. The van der Waals surface area contributed by atoms with Crippen LogP contribution < -0.4 is 10.5 Å². The van der Waals surface area contributed by atoms with Gasteiger partial charge in [-0.15, -0.1) is 0 Å². The molecule has 0 aliphatic heterocycles. The van der Waals surface area contributed by atoms with Gasteiger partial charge in [0.25, 0.3) is 0 Å². The van der Waals surface area contributed by atoms with Crippen molar-refractivity contribution < 1.29 is 4.74 Å². The average molecular weight is 261 g/mol. The van der Waals surface area contributed by atoms with Crippen molar-refractivity contribution in [2.75, 3.05) is 20.7 Å². The Labute approximate surface area is 115 Å². The number of nitrogens with zero attached hydrogens (tertiary/aromatic N) is 2. The molecule has 0 amide bonds. The van der Waals surface area contributed by atoms with Crippen molar-refractivity contribution in [2.24, 2.45) is 16.6 Å². The molecule has 0 aromatic heterocycles. The van der Waals surface area contributed by atoms with Gasteiger partial charge in [0.15, 0.2) is 5.96 Å². The molecule has 0 atom stereocenters. The monoisotopic (exact) mass is 261 g/mol. The Balaban J connectivity index is 2.06. The number of aryl methyl sites for hydroxylation is 1. The van der Waals surface area contributed by atoms with E-state index in [9.17, 15) is 0 Å². The lowest BCUT2D eigenvalue weighted by Gasteiger charge is -2.13. The highest BCUT2D eigenvalue weighted by Crippen LogP contribution is 2.30. The summed E-state index contributed by atoms with van der Waals surface area (Å²) < 4.78 is 5.91. The van der Waals surface area contributed by atoms with Crippen LogP contribution in [0.1, 0.15) is 24.0 Å². The molecule has 0 unspecified atom stereocenters. The van der Waals surface area contributed by atoms with Crippen molar-refractivity contribution in [1.29, 1.82) is 0 Å². The minimum absolute atomic E-state index is 0.536. The van der Waals surface area contributed by atoms with Crippen LogP contribution in [0.25, 0.3) is 0 Å². The molecule has 1 aromatic rings. The molecule has 1 fully saturated rings. The molecule has 0 saturated heterocycles. The number of guanidine groups is 1. The predicted octanol–water partition coefficient (Wildman–Crippen LogP) is 2.16. The van der Waals surface area contributed by atoms with E-state index in [1.807, 2.05) is 14.1 Å². The zero-order chi connectivity index (χ0) is 13.8. The number of rotatable bonds is 5. The number of aliphatic imine (C=N–C) groups is 1. The summed E-state index contributed by atoms with van der Waals surface area (Å²) in [5.74, 6) is 2.24. The van der Waals surface area contributed by atoms with Gasteiger partial charge in [0.1, 0.15) is 5.75 Å². The highest BCUT2D eigenvalue weighted by Gasteiger charge is 2.22. The first-order valence-electron chi connectivity index (χ1n) is 6.76. The predicted molar refractivity (Wildman–Crippen MR) is 78.4 cm³/mol. The van der Waals surface area contributed by atoms with Crippen LogP contribution in [0.3, 0.4) is 0 Å². The third kappa shape index (κ3) is 4.16. The van der Waals surface area contributed by atoms with Gasteiger partial charge >= 0.3 is 0 Å². The van der Waals surface area contributed by atoms with Crippen LogP contribution in [-0.2, 0) is 6.54 Å². The topological polar surface area (TPSA) is 50.8 Å². The third-order valence-corrected chi connectivity index (χ3v) is 3.26. The largest absolute Gasteiger partial charge is 0.493 e. The molecule has 0 radical (unpaired) electrons. The van der Waals surface area contributed by atoms with E-state index >= 15 is 0 Å². The maximum Gasteiger partial charge on any atom is 0.191 e. The quantitative estimate of drug-likeness (QED) is 0.653. The van der Waals surface area contributed by atoms with E-state index in [0.717, 1.165) is 23.8 Å². The van der Waals surface area contributed by atoms with Gasteiger partial charge < -0.3 is 15.4 Å². The molecule has 0 spiro atoms. The van der Waals surface area contributed by atoms with Crippen LogP contribution in [0, 0.1) is 12.8 Å². The number of nitrogens with two attached hydrogens (primary N) is 1. The number of ether oxygens (including phenoxy) is 1. The Morgan fingerprint density at radius 2 is 2.16 bits per heavy atom. The summed E-state index contributed by atoms with van der Waals surface area (Å²) >= 11 is 0. The Morgan fingerprint density at radius 1 is 1.42 bits per heavy atom. The lowest BCUT2D eigenvalue weighted by molar-refractivity contribution is 0.296. The second-order valence-corrected chi connectivity index (χ2v) is 5.43. The zero-order valence-corrected chi connectivity index (χ0v) is 12.0. The minimum atomic E-state index is 0.536. The maximum absolute atomic E-state index is 5.91. The van der Waals surface area contributed by atoms with Gasteiger partial charge in [0.05, 0.1) is 13.2 Å². The highest BCUT2D eigenvalue weighted by molar-refractivity contribution is 5.77. The van der Waals surface area contributed by atoms with Gasteiger partial charge in [0, 0.05) is 19.7 Å². The average Bonchev–Trinajstić information content (AvgIpc) is 3.18. The highest BCUT2D eigenvalue weighted by atomic mass is 16.5. The van der Waals surface area contributed by atoms with E-state index in [1.54, 1.807) is 4.90 Å². The van der Waals surface area contributed by atoms with Gasteiger partial charge in [-0.05, 0) is 37.3 Å². The molecular weight excluding hydrogens is 238 g/mol. The molecule has 2 rings (SSSR count). The van der Waals surface area contributed by atoms with Crippen molar-refractivity contribution in [3.63, 3.8) is 0 Å². The molecule has 19 heavy (non-hydrogen) atoms. The SMILES string of the molecule is Cc1ccc(CN=C(N)N(C)C)c(OCC2CC2)c1. The Morgan fingerprint density at radius 3 is 2.79 bits per heavy atom. The number of benzene rings is 1. The van der Waals surface area contributed by atoms with Gasteiger partial charge in [-0.2, -0.15) is 0 Å². The van der Waals surface area contributed by atoms with Crippen LogP contribution in [-0.4, -0.2) is 31.6 Å². The Hall–Kier alpha value is -1.71. The van der Waals surface area contributed by atoms with E-state index in [2.05, 4.69) is 30.1 Å². The van der Waals surface area contributed by atoms with Crippen molar-refractivity contribution in [1.82, 2.24) is 4.90 Å². The second-order valence-electron chi connectivity index (χ2n) is 5.43. The molecule has 2 N–H and O–H groups in total. The molecule has 0 heterocycles. The van der Waals surface area contributed by atoms with Crippen molar-refractivity contribution in [2.45, 2.75) is 26.3 Å². The van der Waals surface area contributed by atoms with E-state index in [4.69, 9.17) is 10.5 Å². The fraction of sp³-hybridized carbons (Fsp3) is 0.533. The Bertz CT molecular complexity index is 464. The van der Waals surface area contributed by atoms with E-state index < -0.39 is 0 Å². The van der Waals surface area contributed by atoms with Gasteiger partial charge in [0.2, 0.25) is 0 Å². The molecule has 1 aromatic carbocycles. The second kappa shape index (κ2) is 5.95. The van der Waals surface area contributed by atoms with Crippen molar-refractivity contribution in [3.05, 3.63) is 29.3 Å². The van der Waals surface area contributed by atoms with Crippen molar-refractivity contribution in [3.8, 4) is 5.75 Å². The van der Waals surface area contributed by atoms with E-state index in [0.29, 0.717) is 12.5 Å². The summed E-state index contributed by atoms with van der Waals surface area (Å²) in [6.45, 7) is 3.46. The summed E-state index contributed by atoms with van der Waals surface area (Å²) in [4.78, 5) is 6.17. The number of hydrogen-bond acceptors (Lipinski definition) is 2. The first kappa shape index (κ1) is 13.7. The van der Waals surface area contributed by atoms with Crippen LogP contribution in [0.15, 0.2) is 23.2 Å². The van der Waals surface area contributed by atoms with Crippen molar-refractivity contribution >= 4 is 5.96 Å². The summed E-state index contributed by atoms with van der Waals surface area (Å²) in [7, 11) is 3.77. The summed E-state index contributed by atoms with van der Waals surface area (Å²) in [6, 6.07) is 6.24. The summed E-state index contributed by atoms with van der Waals surface area (Å²) in [6.07, 6.45) is 2.60. The normalized spacial score (nSPS) is 15.4. The van der Waals surface area contributed by atoms with E-state index in [-0.39, 0.29) is 0 Å². The van der Waals surface area contributed by atoms with Crippen LogP contribution in [0.5, 0.6) is 5.75 Å². The molecule has 104 valence electrons. The van der Waals surface area contributed by atoms with Gasteiger partial charge in [-0.3, -0.25) is 0 Å². The zero-order valence-electron chi connectivity index (χ0n) is 12.0. The molecular formula is C15H23N3O. The van der Waals surface area contributed by atoms with Gasteiger partial charge in [-0.1, -0.05) is 12.1 Å². The van der Waals surface area contributed by atoms with E-state index in [1.165, 1.54) is 18.4 Å². The maximum atomic E-state index is 5.91. The smallest absolute Gasteiger partial charge is 0.191 e. The lowest BCUT2D eigenvalue weighted by Crippen LogP contribution is -2.30. The van der Waals surface area contributed by atoms with Crippen LogP contribution in [0.2, 0.25) is 0 Å². The molecule has 1 aliphatic rings. The first-order chi connectivity index (χ1) is 9.06. The fourth-order valence-corrected chi connectivity index (χ4v) is 1.73. The summed E-state index contributed by atoms with van der Waals surface area (Å²) in [5.41, 5.74) is 8.11. The molecule has 4 nitrogen and oxygen atoms in total. The van der Waals surface area contributed by atoms with Crippen LogP contribution in [0.4, 0.5) is 0 Å². The molecule has 0 bridgehead atoms.